The number of aryl methyl sites for hydroxylation is 1. The smallest absolute Gasteiger partial charge is 0.328 e. The molecule has 0 aliphatic heterocycles. The normalized spacial score (nSPS) is 12.0. The van der Waals surface area contributed by atoms with Crippen LogP contribution in [-0.2, 0) is 6.42 Å². The predicted molar refractivity (Wildman–Crippen MR) is 118 cm³/mol. The van der Waals surface area contributed by atoms with Crippen molar-refractivity contribution in [3.05, 3.63) is 99.0 Å². The van der Waals surface area contributed by atoms with Crippen LogP contribution in [-0.4, -0.2) is 26.2 Å². The van der Waals surface area contributed by atoms with Gasteiger partial charge in [0.15, 0.2) is 0 Å². The summed E-state index contributed by atoms with van der Waals surface area (Å²) >= 11 is 0. The molecule has 4 aromatic rings. The van der Waals surface area contributed by atoms with Gasteiger partial charge in [-0.3, -0.25) is 4.57 Å². The van der Waals surface area contributed by atoms with Crippen molar-refractivity contribution in [3.63, 3.8) is 0 Å². The highest BCUT2D eigenvalue weighted by molar-refractivity contribution is 5.51. The monoisotopic (exact) mass is 417 g/mol. The Morgan fingerprint density at radius 2 is 1.97 bits per heavy atom. The largest absolute Gasteiger partial charge is 0.495 e. The second-order valence-electron chi connectivity index (χ2n) is 7.39. The maximum absolute atomic E-state index is 12.7. The van der Waals surface area contributed by atoms with E-state index >= 15 is 0 Å². The SMILES string of the molecule is COc1cc(Cc2[nH]c(=O)n(C(C)c3ccccc3)c2N=O)ccc1-n1cnc(C)c1. The number of nitrogens with one attached hydrogen (secondary N) is 1. The molecule has 1 N–H and O–H groups in total. The molecule has 0 amide bonds. The molecule has 2 aromatic carbocycles. The van der Waals surface area contributed by atoms with Crippen LogP contribution in [0.3, 0.4) is 0 Å². The molecule has 0 spiro atoms. The molecular weight excluding hydrogens is 394 g/mol. The topological polar surface area (TPSA) is 94.3 Å². The first-order valence-corrected chi connectivity index (χ1v) is 9.91. The molecule has 0 fully saturated rings. The Labute approximate surface area is 179 Å². The van der Waals surface area contributed by atoms with Gasteiger partial charge in [0.2, 0.25) is 5.82 Å². The highest BCUT2D eigenvalue weighted by Crippen LogP contribution is 2.29. The Bertz CT molecular complexity index is 1270. The summed E-state index contributed by atoms with van der Waals surface area (Å²) in [4.78, 5) is 31.4. The number of aromatic amines is 1. The number of nitrogens with zero attached hydrogens (tertiary/aromatic N) is 4. The third-order valence-corrected chi connectivity index (χ3v) is 5.35. The van der Waals surface area contributed by atoms with Crippen LogP contribution in [0.15, 0.2) is 71.0 Å². The van der Waals surface area contributed by atoms with E-state index in [0.717, 1.165) is 22.5 Å². The lowest BCUT2D eigenvalue weighted by molar-refractivity contribution is 0.412. The number of aromatic nitrogens is 4. The number of methoxy groups -OCH3 is 1. The molecule has 8 heteroatoms. The van der Waals surface area contributed by atoms with Crippen molar-refractivity contribution in [3.8, 4) is 11.4 Å². The van der Waals surface area contributed by atoms with Crippen LogP contribution in [0.5, 0.6) is 5.75 Å². The van der Waals surface area contributed by atoms with E-state index < -0.39 is 0 Å². The summed E-state index contributed by atoms with van der Waals surface area (Å²) in [7, 11) is 1.60. The number of ether oxygens (including phenoxy) is 1. The first-order chi connectivity index (χ1) is 15.0. The third kappa shape index (κ3) is 3.92. The first kappa shape index (κ1) is 20.3. The van der Waals surface area contributed by atoms with Gasteiger partial charge in [-0.25, -0.2) is 9.78 Å². The summed E-state index contributed by atoms with van der Waals surface area (Å²) in [5.74, 6) is 0.768. The van der Waals surface area contributed by atoms with Crippen molar-refractivity contribution in [2.75, 3.05) is 7.11 Å². The zero-order valence-electron chi connectivity index (χ0n) is 17.6. The summed E-state index contributed by atoms with van der Waals surface area (Å²) in [5.41, 5.74) is 3.66. The third-order valence-electron chi connectivity index (χ3n) is 5.35. The summed E-state index contributed by atoms with van der Waals surface area (Å²) in [6.07, 6.45) is 3.97. The van der Waals surface area contributed by atoms with Gasteiger partial charge >= 0.3 is 5.69 Å². The fourth-order valence-electron chi connectivity index (χ4n) is 3.75. The summed E-state index contributed by atoms with van der Waals surface area (Å²) in [5, 5.41) is 3.18. The number of nitroso groups, excluding NO2 is 1. The fraction of sp³-hybridized carbons (Fsp3) is 0.217. The highest BCUT2D eigenvalue weighted by Gasteiger charge is 2.21. The molecule has 1 unspecified atom stereocenters. The van der Waals surface area contributed by atoms with Gasteiger partial charge in [-0.05, 0) is 42.3 Å². The number of imidazole rings is 2. The number of hydrogen-bond acceptors (Lipinski definition) is 5. The van der Waals surface area contributed by atoms with E-state index in [1.807, 2.05) is 73.1 Å². The van der Waals surface area contributed by atoms with Gasteiger partial charge in [0, 0.05) is 12.6 Å². The van der Waals surface area contributed by atoms with E-state index in [2.05, 4.69) is 15.1 Å². The first-order valence-electron chi connectivity index (χ1n) is 9.91. The van der Waals surface area contributed by atoms with Gasteiger partial charge in [0.25, 0.3) is 0 Å². The van der Waals surface area contributed by atoms with Crippen molar-refractivity contribution in [2.24, 2.45) is 5.18 Å². The molecule has 2 heterocycles. The van der Waals surface area contributed by atoms with Crippen molar-refractivity contribution >= 4 is 5.82 Å². The lowest BCUT2D eigenvalue weighted by Crippen LogP contribution is -2.20. The molecule has 8 nitrogen and oxygen atoms in total. The number of benzene rings is 2. The number of hydrogen-bond donors (Lipinski definition) is 1. The second kappa shape index (κ2) is 8.43. The van der Waals surface area contributed by atoms with Crippen LogP contribution < -0.4 is 10.4 Å². The van der Waals surface area contributed by atoms with Gasteiger partial charge in [-0.1, -0.05) is 36.4 Å². The Balaban J connectivity index is 1.69. The maximum Gasteiger partial charge on any atom is 0.328 e. The minimum absolute atomic E-state index is 0.106. The standard InChI is InChI=1S/C23H23N5O3/c1-15-13-27(14-24-15)20-10-9-17(12-21(20)31-3)11-19-22(26-30)28(23(29)25-19)16(2)18-7-5-4-6-8-18/h4-10,12-14,16H,11H2,1-3H3,(H,25,29). The van der Waals surface area contributed by atoms with Crippen molar-refractivity contribution < 1.29 is 4.74 Å². The second-order valence-corrected chi connectivity index (χ2v) is 7.39. The quantitative estimate of drug-likeness (QED) is 0.454. The minimum atomic E-state index is -0.363. The molecule has 0 radical (unpaired) electrons. The zero-order valence-corrected chi connectivity index (χ0v) is 17.6. The zero-order chi connectivity index (χ0) is 22.0. The summed E-state index contributed by atoms with van der Waals surface area (Å²) in [6, 6.07) is 14.9. The van der Waals surface area contributed by atoms with Crippen molar-refractivity contribution in [1.82, 2.24) is 19.1 Å². The molecule has 4 rings (SSSR count). The minimum Gasteiger partial charge on any atom is -0.495 e. The molecule has 0 saturated carbocycles. The molecule has 31 heavy (non-hydrogen) atoms. The molecule has 0 saturated heterocycles. The van der Waals surface area contributed by atoms with Crippen LogP contribution in [0.4, 0.5) is 5.82 Å². The predicted octanol–water partition coefficient (Wildman–Crippen LogP) is 4.28. The van der Waals surface area contributed by atoms with Gasteiger partial charge < -0.3 is 14.3 Å². The number of H-pyrrole nitrogens is 1. The average molecular weight is 417 g/mol. The van der Waals surface area contributed by atoms with Gasteiger partial charge in [-0.2, -0.15) is 0 Å². The van der Waals surface area contributed by atoms with Crippen LogP contribution in [0.25, 0.3) is 5.69 Å². The maximum atomic E-state index is 12.7. The molecule has 2 aromatic heterocycles. The van der Waals surface area contributed by atoms with E-state index in [1.54, 1.807) is 13.4 Å². The molecular formula is C23H23N5O3. The summed E-state index contributed by atoms with van der Waals surface area (Å²) in [6.45, 7) is 3.79. The Morgan fingerprint density at radius 3 is 2.61 bits per heavy atom. The van der Waals surface area contributed by atoms with Crippen molar-refractivity contribution in [2.45, 2.75) is 26.3 Å². The molecule has 0 aliphatic rings. The Kier molecular flexibility index (Phi) is 5.53. The molecule has 0 bridgehead atoms. The average Bonchev–Trinajstić information content (AvgIpc) is 3.36. The fourth-order valence-corrected chi connectivity index (χ4v) is 3.75. The summed E-state index contributed by atoms with van der Waals surface area (Å²) < 4.78 is 8.84. The van der Waals surface area contributed by atoms with Gasteiger partial charge in [0.1, 0.15) is 5.75 Å². The molecule has 0 aliphatic carbocycles. The van der Waals surface area contributed by atoms with Crippen LogP contribution in [0.1, 0.15) is 35.5 Å². The Morgan fingerprint density at radius 1 is 1.19 bits per heavy atom. The van der Waals surface area contributed by atoms with E-state index in [1.165, 1.54) is 4.57 Å². The molecule has 158 valence electrons. The van der Waals surface area contributed by atoms with Crippen LogP contribution in [0.2, 0.25) is 0 Å². The van der Waals surface area contributed by atoms with Crippen LogP contribution in [0, 0.1) is 11.8 Å². The van der Waals surface area contributed by atoms with Crippen molar-refractivity contribution in [1.29, 1.82) is 0 Å². The van der Waals surface area contributed by atoms with E-state index in [4.69, 9.17) is 4.74 Å². The van der Waals surface area contributed by atoms with Gasteiger partial charge in [0.05, 0.1) is 36.6 Å². The molecule has 1 atom stereocenters. The van der Waals surface area contributed by atoms with Crippen LogP contribution >= 0.6 is 0 Å². The van der Waals surface area contributed by atoms with E-state index in [0.29, 0.717) is 17.9 Å². The van der Waals surface area contributed by atoms with E-state index in [9.17, 15) is 9.70 Å². The number of rotatable bonds is 7. The lowest BCUT2D eigenvalue weighted by Gasteiger charge is -2.14. The Hall–Kier alpha value is -3.94. The van der Waals surface area contributed by atoms with Gasteiger partial charge in [-0.15, -0.1) is 4.91 Å². The highest BCUT2D eigenvalue weighted by atomic mass is 16.5. The lowest BCUT2D eigenvalue weighted by atomic mass is 10.1. The van der Waals surface area contributed by atoms with E-state index in [-0.39, 0.29) is 17.5 Å².